The van der Waals surface area contributed by atoms with Gasteiger partial charge in [0.2, 0.25) is 0 Å². The van der Waals surface area contributed by atoms with Crippen LogP contribution >= 0.6 is 0 Å². The van der Waals surface area contributed by atoms with E-state index in [1.54, 1.807) is 6.92 Å². The van der Waals surface area contributed by atoms with Crippen molar-refractivity contribution in [2.75, 3.05) is 33.2 Å². The van der Waals surface area contributed by atoms with Gasteiger partial charge in [0.15, 0.2) is 6.10 Å². The average Bonchev–Trinajstić information content (AvgIpc) is 3.26. The molecule has 3 unspecified atom stereocenters. The number of piperidine rings is 2. The van der Waals surface area contributed by atoms with E-state index in [-0.39, 0.29) is 46.5 Å². The molecule has 4 aliphatic carbocycles. The number of halogens is 1. The predicted octanol–water partition coefficient (Wildman–Crippen LogP) is 3.36. The van der Waals surface area contributed by atoms with E-state index in [4.69, 9.17) is 9.47 Å². The van der Waals surface area contributed by atoms with Crippen LogP contribution in [-0.4, -0.2) is 78.8 Å². The number of hydrogen-bond donors (Lipinski definition) is 0. The van der Waals surface area contributed by atoms with Crippen LogP contribution in [0.1, 0.15) is 118 Å². The van der Waals surface area contributed by atoms with Crippen molar-refractivity contribution in [3.63, 3.8) is 0 Å². The molecule has 0 spiro atoms. The summed E-state index contributed by atoms with van der Waals surface area (Å²) in [4.78, 5) is 27.8. The zero-order valence-corrected chi connectivity index (χ0v) is 28.8. The van der Waals surface area contributed by atoms with Crippen LogP contribution in [0, 0.1) is 34.5 Å². The van der Waals surface area contributed by atoms with Gasteiger partial charge in [0.1, 0.15) is 12.1 Å². The van der Waals surface area contributed by atoms with Gasteiger partial charge in [0.05, 0.1) is 20.1 Å². The summed E-state index contributed by atoms with van der Waals surface area (Å²) in [5.74, 6) is 2.59. The number of hydrogen-bond acceptors (Lipinski definition) is 5. The zero-order chi connectivity index (χ0) is 29.0. The van der Waals surface area contributed by atoms with E-state index in [0.29, 0.717) is 41.7 Å². The van der Waals surface area contributed by atoms with Crippen molar-refractivity contribution < 1.29 is 40.5 Å². The van der Waals surface area contributed by atoms with Gasteiger partial charge in [0.25, 0.3) is 0 Å². The molecule has 10 atom stereocenters. The van der Waals surface area contributed by atoms with Gasteiger partial charge in [-0.2, -0.15) is 0 Å². The molecule has 2 aliphatic heterocycles. The summed E-state index contributed by atoms with van der Waals surface area (Å²) in [6, 6.07) is 0.797. The summed E-state index contributed by atoms with van der Waals surface area (Å²) >= 11 is 0. The lowest BCUT2D eigenvalue weighted by Gasteiger charge is -2.62. The number of carbonyl (C=O) groups is 2. The molecular weight excluding hydrogens is 592 g/mol. The van der Waals surface area contributed by atoms with Gasteiger partial charge >= 0.3 is 11.9 Å². The lowest BCUT2D eigenvalue weighted by molar-refractivity contribution is -0.940. The highest BCUT2D eigenvalue weighted by Crippen LogP contribution is 2.67. The molecule has 6 aliphatic rings. The van der Waals surface area contributed by atoms with Crippen molar-refractivity contribution in [1.29, 1.82) is 0 Å². The zero-order valence-electron chi connectivity index (χ0n) is 27.3. The normalized spacial score (nSPS) is 45.0. The molecule has 2 saturated heterocycles. The minimum atomic E-state index is -0.110. The molecular formula is C35H59BrN2O4. The molecule has 0 aromatic rings. The van der Waals surface area contributed by atoms with Crippen LogP contribution in [-0.2, 0) is 19.1 Å². The van der Waals surface area contributed by atoms with Gasteiger partial charge in [-0.1, -0.05) is 27.2 Å². The van der Waals surface area contributed by atoms with E-state index in [1.165, 1.54) is 90.1 Å². The Bertz CT molecular complexity index is 980. The highest BCUT2D eigenvalue weighted by molar-refractivity contribution is 5.69. The quantitative estimate of drug-likeness (QED) is 0.338. The summed E-state index contributed by atoms with van der Waals surface area (Å²) in [6.45, 7) is 13.5. The lowest BCUT2D eigenvalue weighted by Crippen LogP contribution is -3.00. The first-order valence-electron chi connectivity index (χ1n) is 17.5. The van der Waals surface area contributed by atoms with E-state index in [9.17, 15) is 9.59 Å². The van der Waals surface area contributed by atoms with Crippen LogP contribution in [0.3, 0.4) is 0 Å². The Kier molecular flexibility index (Phi) is 9.83. The van der Waals surface area contributed by atoms with Crippen molar-refractivity contribution in [1.82, 2.24) is 4.90 Å². The van der Waals surface area contributed by atoms with Crippen LogP contribution in [0.15, 0.2) is 0 Å². The molecule has 0 bridgehead atoms. The largest absolute Gasteiger partial charge is 1.00 e. The van der Waals surface area contributed by atoms with Gasteiger partial charge in [-0.3, -0.25) is 14.5 Å². The monoisotopic (exact) mass is 650 g/mol. The second-order valence-corrected chi connectivity index (χ2v) is 16.0. The number of likely N-dealkylation sites (tertiary alicyclic amines) is 2. The Morgan fingerprint density at radius 3 is 2.24 bits per heavy atom. The summed E-state index contributed by atoms with van der Waals surface area (Å²) in [5, 5.41) is 0. The van der Waals surface area contributed by atoms with Crippen molar-refractivity contribution in [2.45, 2.75) is 142 Å². The molecule has 6 rings (SSSR count). The Morgan fingerprint density at radius 1 is 0.881 bits per heavy atom. The van der Waals surface area contributed by atoms with E-state index in [0.717, 1.165) is 29.9 Å². The Balaban J connectivity index is 0.00000353. The van der Waals surface area contributed by atoms with E-state index in [1.807, 2.05) is 6.92 Å². The number of esters is 2. The molecule has 4 saturated carbocycles. The predicted molar refractivity (Wildman–Crippen MR) is 161 cm³/mol. The van der Waals surface area contributed by atoms with E-state index in [2.05, 4.69) is 25.8 Å². The molecule has 0 radical (unpaired) electrons. The van der Waals surface area contributed by atoms with Crippen molar-refractivity contribution >= 4 is 11.9 Å². The summed E-state index contributed by atoms with van der Waals surface area (Å²) < 4.78 is 13.7. The average molecular weight is 652 g/mol. The van der Waals surface area contributed by atoms with E-state index < -0.39 is 0 Å². The first-order chi connectivity index (χ1) is 19.6. The number of fused-ring (bicyclic) bond motifs is 5. The Morgan fingerprint density at radius 2 is 1.57 bits per heavy atom. The van der Waals surface area contributed by atoms with Crippen LogP contribution in [0.2, 0.25) is 0 Å². The Hall–Kier alpha value is -0.660. The SMILES string of the molecule is CCC(=O)O[C@@H]1[C@@H]([N+]2(C)CCCCC2)CC2C3CC[C@H]4C[C@H](OC(C)=O)[C@@H](N5CCCCC5)C[C@]4(C)C3CC[C@@]21C.[Br-]. The molecule has 6 fully saturated rings. The molecule has 0 N–H and O–H groups in total. The number of likely N-dealkylation sites (N-methyl/N-ethyl adjacent to an activating group) is 1. The number of nitrogens with zero attached hydrogens (tertiary/aromatic N) is 2. The number of rotatable bonds is 5. The van der Waals surface area contributed by atoms with Crippen LogP contribution in [0.25, 0.3) is 0 Å². The molecule has 240 valence electrons. The maximum absolute atomic E-state index is 12.9. The maximum atomic E-state index is 12.9. The molecule has 6 nitrogen and oxygen atoms in total. The number of ether oxygens (including phenoxy) is 2. The number of quaternary nitrogens is 1. The smallest absolute Gasteiger partial charge is 0.306 e. The topological polar surface area (TPSA) is 55.8 Å². The Labute approximate surface area is 266 Å². The minimum Gasteiger partial charge on any atom is -1.00 e. The van der Waals surface area contributed by atoms with E-state index >= 15 is 0 Å². The van der Waals surface area contributed by atoms with Gasteiger partial charge in [-0.25, -0.2) is 0 Å². The fraction of sp³-hybridized carbons (Fsp3) is 0.943. The molecule has 7 heteroatoms. The fourth-order valence-electron chi connectivity index (χ4n) is 11.8. The lowest BCUT2D eigenvalue weighted by atomic mass is 9.44. The van der Waals surface area contributed by atoms with Crippen molar-refractivity contribution in [3.8, 4) is 0 Å². The summed E-state index contributed by atoms with van der Waals surface area (Å²) in [6.07, 6.45) is 16.8. The third-order valence-corrected chi connectivity index (χ3v) is 14.0. The van der Waals surface area contributed by atoms with Crippen molar-refractivity contribution in [3.05, 3.63) is 0 Å². The number of carbonyl (C=O) groups excluding carboxylic acids is 2. The van der Waals surface area contributed by atoms with Crippen molar-refractivity contribution in [2.24, 2.45) is 34.5 Å². The molecule has 0 aromatic heterocycles. The maximum Gasteiger partial charge on any atom is 0.306 e. The minimum absolute atomic E-state index is 0. The molecule has 0 amide bonds. The van der Waals surface area contributed by atoms with Gasteiger partial charge < -0.3 is 30.9 Å². The highest BCUT2D eigenvalue weighted by Gasteiger charge is 2.67. The third kappa shape index (κ3) is 5.63. The summed E-state index contributed by atoms with van der Waals surface area (Å²) in [5.41, 5.74) is 0.375. The fourth-order valence-corrected chi connectivity index (χ4v) is 11.8. The van der Waals surface area contributed by atoms with Crippen LogP contribution in [0.5, 0.6) is 0 Å². The van der Waals surface area contributed by atoms with Gasteiger partial charge in [0, 0.05) is 31.2 Å². The van der Waals surface area contributed by atoms with Crippen LogP contribution < -0.4 is 17.0 Å². The standard InChI is InChI=1S/C35H59N2O4.BrH/c1-6-32(39)41-33-30(37(5)19-11-8-12-20-37)22-28-26-14-13-25-21-31(40-24(2)38)29(36-17-9-7-10-18-36)23-35(25,4)27(26)15-16-34(28,33)3;/h25-31,33H,6-23H2,1-5H3;1H/q+1;/p-1/t25-,26?,27?,28?,29-,30-,31-,33+,34-,35-;/m0./s1. The third-order valence-electron chi connectivity index (χ3n) is 14.0. The molecule has 2 heterocycles. The second-order valence-electron chi connectivity index (χ2n) is 16.0. The molecule has 0 aromatic carbocycles. The van der Waals surface area contributed by atoms with Crippen LogP contribution in [0.4, 0.5) is 0 Å². The van der Waals surface area contributed by atoms with Gasteiger partial charge in [-0.15, -0.1) is 0 Å². The molecule has 42 heavy (non-hydrogen) atoms. The highest BCUT2D eigenvalue weighted by atomic mass is 79.9. The first-order valence-corrected chi connectivity index (χ1v) is 17.5. The van der Waals surface area contributed by atoms with Gasteiger partial charge in [-0.05, 0) is 113 Å². The second kappa shape index (κ2) is 12.6. The summed E-state index contributed by atoms with van der Waals surface area (Å²) in [7, 11) is 2.48. The first kappa shape index (κ1) is 32.7.